The zero-order chi connectivity index (χ0) is 43.0. The first-order chi connectivity index (χ1) is 30.2. The van der Waals surface area contributed by atoms with Crippen LogP contribution in [-0.2, 0) is 16.1 Å². The second-order valence-electron chi connectivity index (χ2n) is 15.3. The summed E-state index contributed by atoms with van der Waals surface area (Å²) in [6.07, 6.45) is 7.16. The lowest BCUT2D eigenvalue weighted by atomic mass is 9.89. The topological polar surface area (TPSA) is 196 Å². The molecular weight excluding hydrogens is 789 g/mol. The molecule has 1 atom stereocenters. The van der Waals surface area contributed by atoms with Crippen LogP contribution < -0.4 is 30.3 Å². The van der Waals surface area contributed by atoms with Crippen molar-refractivity contribution in [1.82, 2.24) is 25.5 Å². The third-order valence-electron chi connectivity index (χ3n) is 11.3. The van der Waals surface area contributed by atoms with Gasteiger partial charge in [0.15, 0.2) is 0 Å². The quantitative estimate of drug-likeness (QED) is 0.0827. The van der Waals surface area contributed by atoms with Crippen LogP contribution in [0.3, 0.4) is 0 Å². The summed E-state index contributed by atoms with van der Waals surface area (Å²) in [5.41, 5.74) is 4.37. The number of anilines is 2. The highest BCUT2D eigenvalue weighted by Crippen LogP contribution is 2.34. The van der Waals surface area contributed by atoms with Gasteiger partial charge in [0.05, 0.1) is 29.9 Å². The molecule has 314 valence electrons. The summed E-state index contributed by atoms with van der Waals surface area (Å²) in [6, 6.07) is 30.8. The number of aromatic nitrogens is 2. The average molecular weight is 833 g/mol. The van der Waals surface area contributed by atoms with Crippen molar-refractivity contribution < 1.29 is 33.4 Å². The molecule has 2 aliphatic heterocycles. The highest BCUT2D eigenvalue weighted by atomic mass is 16.5. The molecular formula is C47H44N8O7. The van der Waals surface area contributed by atoms with Crippen molar-refractivity contribution in [2.45, 2.75) is 69.6 Å². The van der Waals surface area contributed by atoms with E-state index in [-0.39, 0.29) is 61.0 Å². The van der Waals surface area contributed by atoms with Gasteiger partial charge in [-0.2, -0.15) is 5.26 Å². The second kappa shape index (κ2) is 18.8. The van der Waals surface area contributed by atoms with Gasteiger partial charge < -0.3 is 20.1 Å². The van der Waals surface area contributed by atoms with Gasteiger partial charge in [0.25, 0.3) is 11.8 Å². The van der Waals surface area contributed by atoms with Gasteiger partial charge in [-0.3, -0.25) is 34.3 Å². The standard InChI is InChI=1S/C47H44N8O7/c48-26-31-10-21-40(49-28-31)52-34-14-18-36(19-15-34)54(47(60)51-27-30-6-2-1-3-7-30)35-16-11-32(12-17-35)33-13-23-42(50-29-33)62-25-5-24-61-39-9-4-8-37-43(39)46(59)55(45(37)58)38-20-22-41(56)53-44(38)57/h1-4,6-13,16-17,21,23,28-29,34,36,38H,5,14-15,18-20,22,24-25,27H2,(H,49,52)(H,51,60)(H,53,56,57)/t34-,36-,38?. The van der Waals surface area contributed by atoms with Crippen LogP contribution in [0.2, 0.25) is 0 Å². The van der Waals surface area contributed by atoms with Crippen molar-refractivity contribution in [3.63, 3.8) is 0 Å². The summed E-state index contributed by atoms with van der Waals surface area (Å²) in [7, 11) is 0. The minimum absolute atomic E-state index is 0.0114. The third-order valence-corrected chi connectivity index (χ3v) is 11.3. The molecule has 5 aromatic rings. The molecule has 0 radical (unpaired) electrons. The lowest BCUT2D eigenvalue weighted by molar-refractivity contribution is -0.136. The Morgan fingerprint density at radius 1 is 0.806 bits per heavy atom. The van der Waals surface area contributed by atoms with E-state index in [0.29, 0.717) is 24.4 Å². The lowest BCUT2D eigenvalue weighted by Gasteiger charge is -2.37. The summed E-state index contributed by atoms with van der Waals surface area (Å²) in [6.45, 7) is 0.877. The van der Waals surface area contributed by atoms with Crippen LogP contribution in [0.5, 0.6) is 11.6 Å². The van der Waals surface area contributed by atoms with Crippen LogP contribution in [0.4, 0.5) is 16.3 Å². The molecule has 3 aromatic carbocycles. The van der Waals surface area contributed by atoms with E-state index in [1.165, 1.54) is 6.07 Å². The fourth-order valence-corrected chi connectivity index (χ4v) is 8.06. The van der Waals surface area contributed by atoms with Gasteiger partial charge in [-0.25, -0.2) is 14.8 Å². The summed E-state index contributed by atoms with van der Waals surface area (Å²) in [5, 5.41) is 17.9. The molecule has 8 rings (SSSR count). The number of ether oxygens (including phenoxy) is 2. The first-order valence-corrected chi connectivity index (χ1v) is 20.7. The summed E-state index contributed by atoms with van der Waals surface area (Å²) in [5.74, 6) is -0.933. The number of carbonyl (C=O) groups is 5. The Morgan fingerprint density at radius 2 is 1.58 bits per heavy atom. The van der Waals surface area contributed by atoms with E-state index in [0.717, 1.165) is 58.8 Å². The van der Waals surface area contributed by atoms with Crippen LogP contribution in [0.1, 0.15) is 76.8 Å². The Morgan fingerprint density at radius 3 is 2.29 bits per heavy atom. The molecule has 1 saturated carbocycles. The number of hydrogen-bond acceptors (Lipinski definition) is 11. The molecule has 0 spiro atoms. The minimum Gasteiger partial charge on any atom is -0.493 e. The number of nitrogens with zero attached hydrogens (tertiary/aromatic N) is 5. The van der Waals surface area contributed by atoms with E-state index in [2.05, 4.69) is 32.0 Å². The van der Waals surface area contributed by atoms with Gasteiger partial charge in [-0.05, 0) is 85.7 Å². The maximum absolute atomic E-state index is 13.9. The van der Waals surface area contributed by atoms with Crippen LogP contribution in [-0.4, -0.2) is 75.9 Å². The molecule has 1 saturated heterocycles. The summed E-state index contributed by atoms with van der Waals surface area (Å²) in [4.78, 5) is 76.0. The van der Waals surface area contributed by atoms with Crippen molar-refractivity contribution in [2.24, 2.45) is 0 Å². The monoisotopic (exact) mass is 832 g/mol. The molecule has 1 aliphatic carbocycles. The Bertz CT molecular complexity index is 2480. The number of imide groups is 2. The Hall–Kier alpha value is -7.60. The molecule has 2 fully saturated rings. The van der Waals surface area contributed by atoms with E-state index in [1.807, 2.05) is 71.6 Å². The summed E-state index contributed by atoms with van der Waals surface area (Å²) < 4.78 is 11.8. The number of carbonyl (C=O) groups excluding carboxylic acids is 5. The van der Waals surface area contributed by atoms with Crippen molar-refractivity contribution in [2.75, 3.05) is 23.4 Å². The molecule has 2 aromatic heterocycles. The number of piperidine rings is 1. The number of hydrogen-bond donors (Lipinski definition) is 3. The lowest BCUT2D eigenvalue weighted by Crippen LogP contribution is -2.54. The molecule has 62 heavy (non-hydrogen) atoms. The van der Waals surface area contributed by atoms with Gasteiger partial charge in [-0.15, -0.1) is 0 Å². The average Bonchev–Trinajstić information content (AvgIpc) is 3.56. The number of fused-ring (bicyclic) bond motifs is 1. The first kappa shape index (κ1) is 41.1. The van der Waals surface area contributed by atoms with Crippen LogP contribution in [0, 0.1) is 11.3 Å². The van der Waals surface area contributed by atoms with Crippen LogP contribution in [0.15, 0.2) is 109 Å². The van der Waals surface area contributed by atoms with Gasteiger partial charge in [-0.1, -0.05) is 48.5 Å². The first-order valence-electron chi connectivity index (χ1n) is 20.7. The van der Waals surface area contributed by atoms with Gasteiger partial charge in [0.1, 0.15) is 23.7 Å². The van der Waals surface area contributed by atoms with Gasteiger partial charge in [0, 0.05) is 61.2 Å². The zero-order valence-electron chi connectivity index (χ0n) is 33.8. The highest BCUT2D eigenvalue weighted by molar-refractivity contribution is 6.24. The number of nitriles is 1. The number of benzene rings is 3. The Kier molecular flexibility index (Phi) is 12.5. The summed E-state index contributed by atoms with van der Waals surface area (Å²) >= 11 is 0. The van der Waals surface area contributed by atoms with Crippen LogP contribution in [0.25, 0.3) is 11.1 Å². The molecule has 15 nitrogen and oxygen atoms in total. The predicted molar refractivity (Wildman–Crippen MR) is 228 cm³/mol. The van der Waals surface area contributed by atoms with E-state index in [1.54, 1.807) is 36.7 Å². The smallest absolute Gasteiger partial charge is 0.322 e. The van der Waals surface area contributed by atoms with E-state index in [4.69, 9.17) is 14.7 Å². The molecule has 6 amide bonds. The molecule has 3 N–H and O–H groups in total. The number of urea groups is 1. The van der Waals surface area contributed by atoms with Crippen molar-refractivity contribution in [3.8, 4) is 28.8 Å². The maximum atomic E-state index is 13.9. The molecule has 0 bridgehead atoms. The number of pyridine rings is 2. The Labute approximate surface area is 358 Å². The molecule has 15 heteroatoms. The highest BCUT2D eigenvalue weighted by Gasteiger charge is 2.46. The predicted octanol–water partition coefficient (Wildman–Crippen LogP) is 6.40. The molecule has 4 heterocycles. The number of rotatable bonds is 14. The minimum atomic E-state index is -1.06. The van der Waals surface area contributed by atoms with Crippen molar-refractivity contribution in [1.29, 1.82) is 5.26 Å². The Balaban J connectivity index is 0.852. The molecule has 1 unspecified atom stereocenters. The van der Waals surface area contributed by atoms with Gasteiger partial charge in [0.2, 0.25) is 17.7 Å². The third kappa shape index (κ3) is 9.24. The van der Waals surface area contributed by atoms with Crippen molar-refractivity contribution in [3.05, 3.63) is 132 Å². The van der Waals surface area contributed by atoms with E-state index < -0.39 is 29.7 Å². The zero-order valence-corrected chi connectivity index (χ0v) is 33.8. The van der Waals surface area contributed by atoms with E-state index >= 15 is 0 Å². The normalized spacial score (nSPS) is 18.3. The molecule has 3 aliphatic rings. The van der Waals surface area contributed by atoms with Gasteiger partial charge >= 0.3 is 6.03 Å². The second-order valence-corrected chi connectivity index (χ2v) is 15.3. The van der Waals surface area contributed by atoms with Crippen molar-refractivity contribution >= 4 is 41.2 Å². The number of amides is 6. The van der Waals surface area contributed by atoms with Crippen LogP contribution >= 0.6 is 0 Å². The largest absolute Gasteiger partial charge is 0.493 e. The number of nitrogens with one attached hydrogen (secondary N) is 3. The fourth-order valence-electron chi connectivity index (χ4n) is 8.06. The van der Waals surface area contributed by atoms with E-state index in [9.17, 15) is 24.0 Å². The fraction of sp³-hybridized carbons (Fsp3) is 0.277. The maximum Gasteiger partial charge on any atom is 0.322 e. The SMILES string of the molecule is N#Cc1ccc(N[C@H]2CC[C@H](N(C(=O)NCc3ccccc3)c3ccc(-c4ccc(OCCCOc5cccc6c5C(=O)N(C5CCC(=O)NC5=O)C6=O)nc4)cc3)CC2)nc1.